The topological polar surface area (TPSA) is 114 Å². The van der Waals surface area contributed by atoms with Crippen molar-refractivity contribution in [3.63, 3.8) is 0 Å². The number of aromatic nitrogens is 2. The number of hydrogen-bond donors (Lipinski definition) is 3. The molecule has 3 heterocycles. The maximum atomic E-state index is 14.2. The normalized spacial score (nSPS) is 18.8. The molecule has 1 aliphatic carbocycles. The summed E-state index contributed by atoms with van der Waals surface area (Å²) in [6.07, 6.45) is 4.72. The summed E-state index contributed by atoms with van der Waals surface area (Å²) in [5.41, 5.74) is 4.16. The Labute approximate surface area is 215 Å². The molecule has 1 saturated carbocycles. The van der Waals surface area contributed by atoms with E-state index in [1.54, 1.807) is 13.1 Å². The third-order valence-electron chi connectivity index (χ3n) is 7.25. The summed E-state index contributed by atoms with van der Waals surface area (Å²) in [5.74, 6) is -1.46. The van der Waals surface area contributed by atoms with Gasteiger partial charge in [0.15, 0.2) is 11.6 Å². The van der Waals surface area contributed by atoms with Gasteiger partial charge in [-0.05, 0) is 58.2 Å². The third-order valence-corrected chi connectivity index (χ3v) is 7.25. The van der Waals surface area contributed by atoms with Gasteiger partial charge in [-0.1, -0.05) is 0 Å². The molecule has 0 radical (unpaired) electrons. The van der Waals surface area contributed by atoms with Crippen LogP contribution in [-0.2, 0) is 0 Å². The van der Waals surface area contributed by atoms with Gasteiger partial charge in [0, 0.05) is 54.4 Å². The molecule has 2 atom stereocenters. The number of carbonyl (C=O) groups excluding carboxylic acids is 1. The van der Waals surface area contributed by atoms with E-state index in [0.29, 0.717) is 17.5 Å². The van der Waals surface area contributed by atoms with Crippen molar-refractivity contribution in [2.45, 2.75) is 58.0 Å². The molecule has 1 saturated heterocycles. The van der Waals surface area contributed by atoms with E-state index in [2.05, 4.69) is 22.5 Å². The number of nitrogens with zero attached hydrogens (tertiary/aromatic N) is 4. The highest BCUT2D eigenvalue weighted by Gasteiger charge is 2.31. The molecule has 3 N–H and O–H groups in total. The number of anilines is 1. The van der Waals surface area contributed by atoms with Crippen LogP contribution < -0.4 is 15.5 Å². The molecule has 2 fully saturated rings. The maximum absolute atomic E-state index is 14.2. The number of carbonyl (C=O) groups is 1. The van der Waals surface area contributed by atoms with Crippen molar-refractivity contribution in [2.24, 2.45) is 0 Å². The lowest BCUT2D eigenvalue weighted by molar-refractivity contribution is 0.0939. The van der Waals surface area contributed by atoms with Gasteiger partial charge in [-0.3, -0.25) is 14.8 Å². The first-order chi connectivity index (χ1) is 17.8. The van der Waals surface area contributed by atoms with E-state index in [1.165, 1.54) is 6.07 Å². The van der Waals surface area contributed by atoms with E-state index in [0.717, 1.165) is 72.9 Å². The summed E-state index contributed by atoms with van der Waals surface area (Å²) >= 11 is 0. The monoisotopic (exact) mass is 502 g/mol. The minimum Gasteiger partial charge on any atom is -0.505 e. The second-order valence-corrected chi connectivity index (χ2v) is 10.2. The van der Waals surface area contributed by atoms with Crippen molar-refractivity contribution in [2.75, 3.05) is 24.5 Å². The van der Waals surface area contributed by atoms with E-state index >= 15 is 0 Å². The van der Waals surface area contributed by atoms with Gasteiger partial charge >= 0.3 is 0 Å². The number of benzene rings is 1. The highest BCUT2D eigenvalue weighted by atomic mass is 19.1. The Kier molecular flexibility index (Phi) is 6.69. The molecule has 0 unspecified atom stereocenters. The van der Waals surface area contributed by atoms with E-state index in [4.69, 9.17) is 9.97 Å². The van der Waals surface area contributed by atoms with Crippen molar-refractivity contribution >= 4 is 22.5 Å². The van der Waals surface area contributed by atoms with Crippen molar-refractivity contribution in [3.05, 3.63) is 58.3 Å². The summed E-state index contributed by atoms with van der Waals surface area (Å²) < 4.78 is 14.2. The Hall–Kier alpha value is -3.77. The molecule has 192 valence electrons. The van der Waals surface area contributed by atoms with E-state index in [-0.39, 0.29) is 17.0 Å². The van der Waals surface area contributed by atoms with Crippen LogP contribution in [0, 0.1) is 24.1 Å². The zero-order valence-corrected chi connectivity index (χ0v) is 21.3. The van der Waals surface area contributed by atoms with Gasteiger partial charge in [0.05, 0.1) is 40.1 Å². The number of halogens is 1. The van der Waals surface area contributed by atoms with Crippen molar-refractivity contribution in [1.82, 2.24) is 20.6 Å². The first-order valence-electron chi connectivity index (χ1n) is 12.8. The number of aromatic hydroxyl groups is 1. The highest BCUT2D eigenvalue weighted by molar-refractivity contribution is 6.08. The Bertz CT molecular complexity index is 1410. The largest absolute Gasteiger partial charge is 0.505 e. The van der Waals surface area contributed by atoms with Crippen LogP contribution in [0.5, 0.6) is 5.75 Å². The summed E-state index contributed by atoms with van der Waals surface area (Å²) in [7, 11) is 0. The second-order valence-electron chi connectivity index (χ2n) is 10.2. The average molecular weight is 503 g/mol. The lowest BCUT2D eigenvalue weighted by Gasteiger charge is -2.27. The van der Waals surface area contributed by atoms with Crippen molar-refractivity contribution in [3.8, 4) is 11.8 Å². The number of nitrogens with one attached hydrogen (secondary N) is 2. The molecule has 5 rings (SSSR count). The number of phenols is 1. The minimum atomic E-state index is -0.898. The zero-order valence-electron chi connectivity index (χ0n) is 21.3. The van der Waals surface area contributed by atoms with Gasteiger partial charge in [0.1, 0.15) is 0 Å². The fourth-order valence-electron chi connectivity index (χ4n) is 5.09. The van der Waals surface area contributed by atoms with Gasteiger partial charge in [0.2, 0.25) is 0 Å². The molecule has 8 nitrogen and oxygen atoms in total. The quantitative estimate of drug-likeness (QED) is 0.479. The lowest BCUT2D eigenvalue weighted by atomic mass is 10.0. The van der Waals surface area contributed by atoms with Gasteiger partial charge in [-0.15, -0.1) is 0 Å². The number of aryl methyl sites for hydroxylation is 1. The summed E-state index contributed by atoms with van der Waals surface area (Å²) in [6.45, 7) is 8.07. The first kappa shape index (κ1) is 24.9. The average Bonchev–Trinajstić information content (AvgIpc) is 3.73. The SMILES string of the molecule is Cc1cc2c(N3CCN[C@@H](C)CC3)c(C(=O)N[C@@H](C)c3cc(C#N)cc(F)c3O)cnc2c(C2CC2)n1. The number of fused-ring (bicyclic) bond motifs is 1. The van der Waals surface area contributed by atoms with Crippen molar-refractivity contribution < 1.29 is 14.3 Å². The molecule has 1 aliphatic heterocycles. The summed E-state index contributed by atoms with van der Waals surface area (Å²) in [6, 6.07) is 5.88. The van der Waals surface area contributed by atoms with Crippen LogP contribution in [0.3, 0.4) is 0 Å². The number of nitriles is 1. The fraction of sp³-hybridized carbons (Fsp3) is 0.429. The zero-order chi connectivity index (χ0) is 26.3. The molecule has 1 amide bonds. The molecule has 0 bridgehead atoms. The van der Waals surface area contributed by atoms with Crippen LogP contribution in [-0.4, -0.2) is 46.7 Å². The van der Waals surface area contributed by atoms with Crippen LogP contribution in [0.4, 0.5) is 10.1 Å². The predicted octanol–water partition coefficient (Wildman–Crippen LogP) is 4.21. The first-order valence-corrected chi connectivity index (χ1v) is 12.8. The molecule has 37 heavy (non-hydrogen) atoms. The van der Waals surface area contributed by atoms with E-state index in [1.807, 2.05) is 19.1 Å². The Morgan fingerprint density at radius 1 is 1.30 bits per heavy atom. The van der Waals surface area contributed by atoms with Gasteiger partial charge < -0.3 is 20.6 Å². The van der Waals surface area contributed by atoms with Crippen molar-refractivity contribution in [1.29, 1.82) is 5.26 Å². The third kappa shape index (κ3) is 4.94. The van der Waals surface area contributed by atoms with Crippen LogP contribution in [0.2, 0.25) is 0 Å². The molecule has 9 heteroatoms. The number of amides is 1. The summed E-state index contributed by atoms with van der Waals surface area (Å²) in [5, 5.41) is 26.8. The van der Waals surface area contributed by atoms with E-state index < -0.39 is 17.6 Å². The second kappa shape index (κ2) is 9.94. The van der Waals surface area contributed by atoms with Gasteiger partial charge in [-0.2, -0.15) is 5.26 Å². The van der Waals surface area contributed by atoms with Crippen LogP contribution >= 0.6 is 0 Å². The number of rotatable bonds is 5. The lowest BCUT2D eigenvalue weighted by Crippen LogP contribution is -2.33. The number of pyridine rings is 2. The van der Waals surface area contributed by atoms with Gasteiger partial charge in [0.25, 0.3) is 5.91 Å². The molecule has 0 spiro atoms. The Morgan fingerprint density at radius 3 is 2.81 bits per heavy atom. The predicted molar refractivity (Wildman–Crippen MR) is 139 cm³/mol. The standard InChI is InChI=1S/C28H31FN6O2/c1-15-6-8-35(9-7-31-15)26-21-10-16(2)33-24(19-4-5-19)25(21)32-14-22(26)28(37)34-17(3)20-11-18(13-30)12-23(29)27(20)36/h10-12,14-15,17,19,31,36H,4-9H2,1-3H3,(H,34,37)/t15-,17-/m0/s1. The smallest absolute Gasteiger partial charge is 0.255 e. The maximum Gasteiger partial charge on any atom is 0.255 e. The fourth-order valence-corrected chi connectivity index (χ4v) is 5.09. The summed E-state index contributed by atoms with van der Waals surface area (Å²) in [4.78, 5) is 25.5. The van der Waals surface area contributed by atoms with Crippen LogP contribution in [0.15, 0.2) is 24.4 Å². The molecule has 1 aromatic carbocycles. The van der Waals surface area contributed by atoms with Gasteiger partial charge in [-0.25, -0.2) is 4.39 Å². The Morgan fingerprint density at radius 2 is 2.08 bits per heavy atom. The molecular weight excluding hydrogens is 471 g/mol. The number of hydrogen-bond acceptors (Lipinski definition) is 7. The van der Waals surface area contributed by atoms with Crippen LogP contribution in [0.1, 0.15) is 77.9 Å². The van der Waals surface area contributed by atoms with Crippen LogP contribution in [0.25, 0.3) is 10.9 Å². The molecule has 2 aliphatic rings. The molecular formula is C28H31FN6O2. The molecule has 2 aromatic heterocycles. The Balaban J connectivity index is 1.58. The minimum absolute atomic E-state index is 0.0706. The number of phenolic OH excluding ortho intramolecular Hbond substituents is 1. The molecule has 3 aromatic rings. The van der Waals surface area contributed by atoms with E-state index in [9.17, 15) is 19.6 Å². The highest BCUT2D eigenvalue weighted by Crippen LogP contribution is 2.43.